The maximum atomic E-state index is 5.92. The van der Waals surface area contributed by atoms with E-state index in [1.165, 1.54) is 0 Å². The van der Waals surface area contributed by atoms with Gasteiger partial charge >= 0.3 is 0 Å². The first kappa shape index (κ1) is 8.53. The van der Waals surface area contributed by atoms with Gasteiger partial charge in [-0.25, -0.2) is 0 Å². The van der Waals surface area contributed by atoms with Crippen LogP contribution in [0.25, 0.3) is 0 Å². The molecule has 1 heterocycles. The van der Waals surface area contributed by atoms with E-state index in [-0.39, 0.29) is 6.04 Å². The molecule has 0 aromatic heterocycles. The quantitative estimate of drug-likeness (QED) is 0.705. The number of benzene rings is 1. The van der Waals surface area contributed by atoms with Crippen LogP contribution in [0.3, 0.4) is 0 Å². The Bertz CT molecular complexity index is 298. The molecule has 0 radical (unpaired) electrons. The molecule has 0 spiro atoms. The third kappa shape index (κ3) is 1.41. The summed E-state index contributed by atoms with van der Waals surface area (Å²) in [6.45, 7) is 1.22. The lowest BCUT2D eigenvalue weighted by molar-refractivity contribution is 0.0911. The van der Waals surface area contributed by atoms with Gasteiger partial charge in [-0.15, -0.1) is 0 Å². The standard InChI is InChI=1S/C10H13NO2/c1-12-9-4-2-3-7-5-13-6-8(11)10(7)9/h2-4,8H,5-6,11H2,1H3/t8-/m0/s1. The Morgan fingerprint density at radius 2 is 2.38 bits per heavy atom. The summed E-state index contributed by atoms with van der Waals surface area (Å²) >= 11 is 0. The molecule has 3 heteroatoms. The normalized spacial score (nSPS) is 20.9. The lowest BCUT2D eigenvalue weighted by Gasteiger charge is -2.24. The molecule has 13 heavy (non-hydrogen) atoms. The highest BCUT2D eigenvalue weighted by Crippen LogP contribution is 2.31. The lowest BCUT2D eigenvalue weighted by atomic mass is 9.98. The Balaban J connectivity index is 2.50. The maximum Gasteiger partial charge on any atom is 0.124 e. The summed E-state index contributed by atoms with van der Waals surface area (Å²) in [5.74, 6) is 0.869. The molecule has 0 fully saturated rings. The van der Waals surface area contributed by atoms with Crippen molar-refractivity contribution in [3.8, 4) is 5.75 Å². The average Bonchev–Trinajstić information content (AvgIpc) is 2.17. The Kier molecular flexibility index (Phi) is 2.20. The number of nitrogens with two attached hydrogens (primary N) is 1. The molecule has 1 aliphatic rings. The zero-order valence-electron chi connectivity index (χ0n) is 7.62. The molecule has 1 aliphatic heterocycles. The van der Waals surface area contributed by atoms with Crippen molar-refractivity contribution >= 4 is 0 Å². The molecule has 2 rings (SSSR count). The fourth-order valence-electron chi connectivity index (χ4n) is 1.69. The van der Waals surface area contributed by atoms with Crippen LogP contribution in [0.5, 0.6) is 5.75 Å². The predicted molar refractivity (Wildman–Crippen MR) is 49.6 cm³/mol. The van der Waals surface area contributed by atoms with Crippen LogP contribution in [0.15, 0.2) is 18.2 Å². The topological polar surface area (TPSA) is 44.5 Å². The summed E-state index contributed by atoms with van der Waals surface area (Å²) in [6.07, 6.45) is 0. The Morgan fingerprint density at radius 3 is 3.15 bits per heavy atom. The second-order valence-corrected chi connectivity index (χ2v) is 3.15. The SMILES string of the molecule is COc1cccc2c1[C@@H](N)COC2. The number of ether oxygens (including phenoxy) is 2. The lowest BCUT2D eigenvalue weighted by Crippen LogP contribution is -2.24. The smallest absolute Gasteiger partial charge is 0.124 e. The van der Waals surface area contributed by atoms with Crippen molar-refractivity contribution in [2.75, 3.05) is 13.7 Å². The van der Waals surface area contributed by atoms with E-state index in [0.29, 0.717) is 13.2 Å². The summed E-state index contributed by atoms with van der Waals surface area (Å²) < 4.78 is 10.6. The Labute approximate surface area is 77.5 Å². The van der Waals surface area contributed by atoms with Gasteiger partial charge in [0.25, 0.3) is 0 Å². The van der Waals surface area contributed by atoms with Gasteiger partial charge in [-0.2, -0.15) is 0 Å². The summed E-state index contributed by atoms with van der Waals surface area (Å²) in [7, 11) is 1.66. The van der Waals surface area contributed by atoms with Crippen LogP contribution in [-0.2, 0) is 11.3 Å². The maximum absolute atomic E-state index is 5.92. The Morgan fingerprint density at radius 1 is 1.54 bits per heavy atom. The van der Waals surface area contributed by atoms with Gasteiger partial charge in [-0.3, -0.25) is 0 Å². The van der Waals surface area contributed by atoms with Crippen LogP contribution in [-0.4, -0.2) is 13.7 Å². The van der Waals surface area contributed by atoms with Crippen molar-refractivity contribution in [3.05, 3.63) is 29.3 Å². The van der Waals surface area contributed by atoms with E-state index in [0.717, 1.165) is 16.9 Å². The molecule has 1 atom stereocenters. The van der Waals surface area contributed by atoms with Crippen molar-refractivity contribution in [3.63, 3.8) is 0 Å². The van der Waals surface area contributed by atoms with E-state index in [1.54, 1.807) is 7.11 Å². The number of rotatable bonds is 1. The zero-order chi connectivity index (χ0) is 9.26. The molecule has 1 aromatic rings. The van der Waals surface area contributed by atoms with Gasteiger partial charge in [0.05, 0.1) is 26.4 Å². The third-order valence-corrected chi connectivity index (χ3v) is 2.30. The fourth-order valence-corrected chi connectivity index (χ4v) is 1.69. The second kappa shape index (κ2) is 3.36. The third-order valence-electron chi connectivity index (χ3n) is 2.30. The van der Waals surface area contributed by atoms with Gasteiger partial charge in [0.15, 0.2) is 0 Å². The van der Waals surface area contributed by atoms with E-state index in [4.69, 9.17) is 15.2 Å². The van der Waals surface area contributed by atoms with Crippen molar-refractivity contribution in [2.24, 2.45) is 5.73 Å². The van der Waals surface area contributed by atoms with Crippen LogP contribution < -0.4 is 10.5 Å². The first-order valence-corrected chi connectivity index (χ1v) is 4.32. The van der Waals surface area contributed by atoms with E-state index < -0.39 is 0 Å². The molecule has 3 nitrogen and oxygen atoms in total. The van der Waals surface area contributed by atoms with Crippen molar-refractivity contribution < 1.29 is 9.47 Å². The van der Waals surface area contributed by atoms with Gasteiger partial charge in [0.1, 0.15) is 5.75 Å². The van der Waals surface area contributed by atoms with Crippen LogP contribution in [0.1, 0.15) is 17.2 Å². The van der Waals surface area contributed by atoms with Crippen LogP contribution in [0.2, 0.25) is 0 Å². The van der Waals surface area contributed by atoms with Gasteiger partial charge in [-0.05, 0) is 11.6 Å². The molecular weight excluding hydrogens is 166 g/mol. The van der Waals surface area contributed by atoms with Crippen LogP contribution in [0, 0.1) is 0 Å². The van der Waals surface area contributed by atoms with E-state index in [2.05, 4.69) is 0 Å². The molecule has 0 bridgehead atoms. The highest BCUT2D eigenvalue weighted by Gasteiger charge is 2.20. The molecule has 0 aliphatic carbocycles. The molecule has 0 amide bonds. The molecule has 0 unspecified atom stereocenters. The number of hydrogen-bond acceptors (Lipinski definition) is 3. The zero-order valence-corrected chi connectivity index (χ0v) is 7.62. The second-order valence-electron chi connectivity index (χ2n) is 3.15. The molecule has 0 saturated heterocycles. The fraction of sp³-hybridized carbons (Fsp3) is 0.400. The largest absolute Gasteiger partial charge is 0.496 e. The van der Waals surface area contributed by atoms with Crippen molar-refractivity contribution in [1.29, 1.82) is 0 Å². The van der Waals surface area contributed by atoms with Gasteiger partial charge in [-0.1, -0.05) is 12.1 Å². The highest BCUT2D eigenvalue weighted by molar-refractivity contribution is 5.43. The van der Waals surface area contributed by atoms with Crippen molar-refractivity contribution in [1.82, 2.24) is 0 Å². The molecule has 2 N–H and O–H groups in total. The average molecular weight is 179 g/mol. The monoisotopic (exact) mass is 179 g/mol. The molecular formula is C10H13NO2. The number of fused-ring (bicyclic) bond motifs is 1. The number of methoxy groups -OCH3 is 1. The summed E-state index contributed by atoms with van der Waals surface area (Å²) in [5.41, 5.74) is 8.15. The summed E-state index contributed by atoms with van der Waals surface area (Å²) in [4.78, 5) is 0. The van der Waals surface area contributed by atoms with E-state index in [1.807, 2.05) is 18.2 Å². The minimum Gasteiger partial charge on any atom is -0.496 e. The number of hydrogen-bond donors (Lipinski definition) is 1. The minimum absolute atomic E-state index is 0.0556. The Hall–Kier alpha value is -1.06. The predicted octanol–water partition coefficient (Wildman–Crippen LogP) is 1.23. The summed E-state index contributed by atoms with van der Waals surface area (Å²) in [5, 5.41) is 0. The van der Waals surface area contributed by atoms with E-state index in [9.17, 15) is 0 Å². The van der Waals surface area contributed by atoms with Crippen molar-refractivity contribution in [2.45, 2.75) is 12.6 Å². The van der Waals surface area contributed by atoms with Gasteiger partial charge < -0.3 is 15.2 Å². The van der Waals surface area contributed by atoms with E-state index >= 15 is 0 Å². The molecule has 0 saturated carbocycles. The van der Waals surface area contributed by atoms with Crippen LogP contribution in [0.4, 0.5) is 0 Å². The first-order chi connectivity index (χ1) is 6.33. The van der Waals surface area contributed by atoms with Gasteiger partial charge in [0, 0.05) is 5.56 Å². The van der Waals surface area contributed by atoms with Gasteiger partial charge in [0.2, 0.25) is 0 Å². The highest BCUT2D eigenvalue weighted by atomic mass is 16.5. The minimum atomic E-state index is -0.0556. The molecule has 1 aromatic carbocycles. The first-order valence-electron chi connectivity index (χ1n) is 4.32. The summed E-state index contributed by atoms with van der Waals surface area (Å²) in [6, 6.07) is 5.86. The van der Waals surface area contributed by atoms with Crippen LogP contribution >= 0.6 is 0 Å². The molecule has 70 valence electrons.